The van der Waals surface area contributed by atoms with Gasteiger partial charge in [0.25, 0.3) is 11.8 Å². The van der Waals surface area contributed by atoms with Gasteiger partial charge >= 0.3 is 0 Å². The number of amides is 2. The van der Waals surface area contributed by atoms with Crippen LogP contribution < -0.4 is 0 Å². The molecule has 0 radical (unpaired) electrons. The second kappa shape index (κ2) is 7.23. The topological polar surface area (TPSA) is 50.3 Å². The standard InChI is InChI=1S/C20H20N2O2S/c1-4-25-18-17(16-6-5-13(2)11-14(16)3)19(23)22(20(18)24)12-15-7-9-21-10-8-15/h5-11H,4,12H2,1-3H3. The number of carbonyl (C=O) groups excluding carboxylic acids is 2. The number of nitrogens with zero attached hydrogens (tertiary/aromatic N) is 2. The Labute approximate surface area is 152 Å². The van der Waals surface area contributed by atoms with E-state index in [9.17, 15) is 9.59 Å². The second-order valence-corrected chi connectivity index (χ2v) is 7.28. The van der Waals surface area contributed by atoms with Gasteiger partial charge in [-0.3, -0.25) is 19.5 Å². The summed E-state index contributed by atoms with van der Waals surface area (Å²) < 4.78 is 0. The van der Waals surface area contributed by atoms with Gasteiger partial charge in [0.05, 0.1) is 17.0 Å². The molecule has 1 aliphatic rings. The summed E-state index contributed by atoms with van der Waals surface area (Å²) in [6, 6.07) is 9.61. The van der Waals surface area contributed by atoms with E-state index in [0.29, 0.717) is 10.5 Å². The van der Waals surface area contributed by atoms with E-state index >= 15 is 0 Å². The number of hydrogen-bond acceptors (Lipinski definition) is 4. The largest absolute Gasteiger partial charge is 0.269 e. The highest BCUT2D eigenvalue weighted by atomic mass is 32.2. The summed E-state index contributed by atoms with van der Waals surface area (Å²) in [5.74, 6) is 0.319. The number of imide groups is 1. The van der Waals surface area contributed by atoms with E-state index in [-0.39, 0.29) is 18.4 Å². The van der Waals surface area contributed by atoms with Gasteiger partial charge in [0, 0.05) is 12.4 Å². The van der Waals surface area contributed by atoms with Crippen LogP contribution in [0.5, 0.6) is 0 Å². The van der Waals surface area contributed by atoms with Crippen LogP contribution in [0, 0.1) is 13.8 Å². The van der Waals surface area contributed by atoms with E-state index in [4.69, 9.17) is 0 Å². The van der Waals surface area contributed by atoms with Gasteiger partial charge in [0.15, 0.2) is 0 Å². The lowest BCUT2D eigenvalue weighted by atomic mass is 9.99. The van der Waals surface area contributed by atoms with E-state index in [2.05, 4.69) is 4.98 Å². The zero-order chi connectivity index (χ0) is 18.0. The van der Waals surface area contributed by atoms with Gasteiger partial charge in [-0.1, -0.05) is 30.7 Å². The highest BCUT2D eigenvalue weighted by Crippen LogP contribution is 2.37. The molecule has 0 N–H and O–H groups in total. The van der Waals surface area contributed by atoms with Gasteiger partial charge in [0.1, 0.15) is 0 Å². The van der Waals surface area contributed by atoms with Gasteiger partial charge in [-0.2, -0.15) is 0 Å². The number of aromatic nitrogens is 1. The fraction of sp³-hybridized carbons (Fsp3) is 0.250. The minimum atomic E-state index is -0.218. The molecular weight excluding hydrogens is 332 g/mol. The molecule has 5 heteroatoms. The van der Waals surface area contributed by atoms with Crippen molar-refractivity contribution in [3.63, 3.8) is 0 Å². The van der Waals surface area contributed by atoms with Crippen molar-refractivity contribution in [3.05, 3.63) is 69.9 Å². The maximum atomic E-state index is 13.1. The molecule has 0 bridgehead atoms. The summed E-state index contributed by atoms with van der Waals surface area (Å²) in [7, 11) is 0. The summed E-state index contributed by atoms with van der Waals surface area (Å²) >= 11 is 1.44. The summed E-state index contributed by atoms with van der Waals surface area (Å²) in [6.45, 7) is 6.25. The minimum absolute atomic E-state index is 0.205. The zero-order valence-electron chi connectivity index (χ0n) is 14.6. The fourth-order valence-electron chi connectivity index (χ4n) is 2.98. The Bertz CT molecular complexity index is 859. The zero-order valence-corrected chi connectivity index (χ0v) is 15.4. The molecule has 128 valence electrons. The van der Waals surface area contributed by atoms with Gasteiger partial charge in [-0.25, -0.2) is 0 Å². The number of benzene rings is 1. The van der Waals surface area contributed by atoms with Crippen LogP contribution in [0.3, 0.4) is 0 Å². The number of thioether (sulfide) groups is 1. The third kappa shape index (κ3) is 3.37. The van der Waals surface area contributed by atoms with Crippen LogP contribution in [0.4, 0.5) is 0 Å². The number of rotatable bonds is 5. The highest BCUT2D eigenvalue weighted by molar-refractivity contribution is 8.04. The predicted octanol–water partition coefficient (Wildman–Crippen LogP) is 3.73. The third-order valence-corrected chi connectivity index (χ3v) is 5.11. The van der Waals surface area contributed by atoms with Crippen molar-refractivity contribution in [2.24, 2.45) is 0 Å². The van der Waals surface area contributed by atoms with Crippen molar-refractivity contribution in [3.8, 4) is 0 Å². The normalized spacial score (nSPS) is 14.6. The molecule has 2 aromatic rings. The highest BCUT2D eigenvalue weighted by Gasteiger charge is 2.39. The molecule has 4 nitrogen and oxygen atoms in total. The van der Waals surface area contributed by atoms with Crippen LogP contribution in [0.15, 0.2) is 47.6 Å². The van der Waals surface area contributed by atoms with Crippen LogP contribution in [-0.2, 0) is 16.1 Å². The van der Waals surface area contributed by atoms with Gasteiger partial charge in [-0.15, -0.1) is 11.8 Å². The van der Waals surface area contributed by atoms with Crippen LogP contribution in [0.1, 0.15) is 29.2 Å². The first-order valence-corrected chi connectivity index (χ1v) is 9.21. The monoisotopic (exact) mass is 352 g/mol. The van der Waals surface area contributed by atoms with Crippen molar-refractivity contribution >= 4 is 29.1 Å². The van der Waals surface area contributed by atoms with Crippen molar-refractivity contribution < 1.29 is 9.59 Å². The van der Waals surface area contributed by atoms with E-state index in [1.54, 1.807) is 12.4 Å². The van der Waals surface area contributed by atoms with Crippen molar-refractivity contribution in [1.29, 1.82) is 0 Å². The first-order chi connectivity index (χ1) is 12.0. The summed E-state index contributed by atoms with van der Waals surface area (Å²) in [5.41, 5.74) is 4.41. The average molecular weight is 352 g/mol. The lowest BCUT2D eigenvalue weighted by Crippen LogP contribution is -2.31. The van der Waals surface area contributed by atoms with Crippen LogP contribution in [-0.4, -0.2) is 27.5 Å². The summed E-state index contributed by atoms with van der Waals surface area (Å²) in [5, 5.41) is 0. The Kier molecular flexibility index (Phi) is 5.04. The molecule has 3 rings (SSSR count). The minimum Gasteiger partial charge on any atom is -0.269 e. The van der Waals surface area contributed by atoms with Gasteiger partial charge < -0.3 is 0 Å². The van der Waals surface area contributed by atoms with Crippen molar-refractivity contribution in [2.45, 2.75) is 27.3 Å². The molecule has 0 spiro atoms. The number of carbonyl (C=O) groups is 2. The summed E-state index contributed by atoms with van der Waals surface area (Å²) in [4.78, 5) is 31.8. The molecule has 0 unspecified atom stereocenters. The SMILES string of the molecule is CCSC1=C(c2ccc(C)cc2C)C(=O)N(Cc2ccncc2)C1=O. The molecule has 0 fully saturated rings. The first-order valence-electron chi connectivity index (χ1n) is 8.22. The Hall–Kier alpha value is -2.40. The van der Waals surface area contributed by atoms with E-state index in [0.717, 1.165) is 28.0 Å². The molecule has 0 aliphatic carbocycles. The average Bonchev–Trinajstić information content (AvgIpc) is 2.81. The molecule has 1 aromatic heterocycles. The Morgan fingerprint density at radius 1 is 1.04 bits per heavy atom. The molecule has 2 heterocycles. The van der Waals surface area contributed by atoms with Crippen LogP contribution in [0.25, 0.3) is 5.57 Å². The van der Waals surface area contributed by atoms with E-state index < -0.39 is 0 Å². The first kappa shape index (κ1) is 17.4. The van der Waals surface area contributed by atoms with Crippen LogP contribution in [0.2, 0.25) is 0 Å². The lowest BCUT2D eigenvalue weighted by molar-refractivity contribution is -0.137. The molecule has 0 atom stereocenters. The van der Waals surface area contributed by atoms with Crippen molar-refractivity contribution in [2.75, 3.05) is 5.75 Å². The molecular formula is C20H20N2O2S. The lowest BCUT2D eigenvalue weighted by Gasteiger charge is -2.15. The molecule has 25 heavy (non-hydrogen) atoms. The molecule has 1 aliphatic heterocycles. The number of aryl methyl sites for hydroxylation is 2. The number of hydrogen-bond donors (Lipinski definition) is 0. The number of pyridine rings is 1. The van der Waals surface area contributed by atoms with E-state index in [1.165, 1.54) is 16.7 Å². The fourth-order valence-corrected chi connectivity index (χ4v) is 3.84. The van der Waals surface area contributed by atoms with E-state index in [1.807, 2.05) is 51.1 Å². The molecule has 2 amide bonds. The molecule has 1 aromatic carbocycles. The Balaban J connectivity index is 2.02. The predicted molar refractivity (Wildman–Crippen MR) is 101 cm³/mol. The van der Waals surface area contributed by atoms with Crippen LogP contribution >= 0.6 is 11.8 Å². The van der Waals surface area contributed by atoms with Crippen molar-refractivity contribution in [1.82, 2.24) is 9.88 Å². The van der Waals surface area contributed by atoms with Gasteiger partial charge in [-0.05, 0) is 48.4 Å². The maximum Gasteiger partial charge on any atom is 0.268 e. The third-order valence-electron chi connectivity index (χ3n) is 4.16. The Morgan fingerprint density at radius 2 is 1.76 bits per heavy atom. The smallest absolute Gasteiger partial charge is 0.268 e. The summed E-state index contributed by atoms with van der Waals surface area (Å²) in [6.07, 6.45) is 3.33. The molecule has 0 saturated heterocycles. The Morgan fingerprint density at radius 3 is 2.40 bits per heavy atom. The second-order valence-electron chi connectivity index (χ2n) is 6.01. The quantitative estimate of drug-likeness (QED) is 0.770. The molecule has 0 saturated carbocycles. The maximum absolute atomic E-state index is 13.1. The van der Waals surface area contributed by atoms with Gasteiger partial charge in [0.2, 0.25) is 0 Å².